The molecule has 11 aromatic rings. The second kappa shape index (κ2) is 15.0. The van der Waals surface area contributed by atoms with Gasteiger partial charge in [0.25, 0.3) is 0 Å². The molecule has 0 N–H and O–H groups in total. The molecule has 69 heavy (non-hydrogen) atoms. The summed E-state index contributed by atoms with van der Waals surface area (Å²) in [5.74, 6) is 0. The van der Waals surface area contributed by atoms with Crippen molar-refractivity contribution in [1.29, 1.82) is 0 Å². The van der Waals surface area contributed by atoms with Gasteiger partial charge in [0.2, 0.25) is 0 Å². The Labute approximate surface area is 404 Å². The third-order valence-corrected chi connectivity index (χ3v) is 15.7. The minimum absolute atomic E-state index is 0.0999. The standard InChI is InChI=1S/C68H47N/c1-67(2)59-24-10-8-22-57(59)66-56(23-15-28-64(66)67)55-21-9-14-29-65(55)69(50-37-32-45(33-38-50)48-31-30-44-16-3-4-17-47(44)42-48)51-39-34-46(35-40-51)49-36-41-63-58(43-49)54-20-7-13-27-62(54)68(63)60-25-11-5-18-52(60)53-19-6-12-26-61(53)68/h3-43H,1-2H3. The first kappa shape index (κ1) is 39.6. The number of hydrogen-bond donors (Lipinski definition) is 0. The molecule has 0 heterocycles. The molecule has 3 aliphatic rings. The molecule has 1 nitrogen and oxygen atoms in total. The molecule has 0 radical (unpaired) electrons. The Kier molecular flexibility index (Phi) is 8.61. The van der Waals surface area contributed by atoms with Crippen LogP contribution < -0.4 is 4.90 Å². The Morgan fingerprint density at radius 2 is 0.710 bits per heavy atom. The summed E-state index contributed by atoms with van der Waals surface area (Å²) in [7, 11) is 0. The molecule has 1 heteroatoms. The van der Waals surface area contributed by atoms with Crippen LogP contribution in [-0.2, 0) is 10.8 Å². The Balaban J connectivity index is 0.903. The van der Waals surface area contributed by atoms with Crippen molar-refractivity contribution in [3.63, 3.8) is 0 Å². The van der Waals surface area contributed by atoms with E-state index in [-0.39, 0.29) is 10.8 Å². The van der Waals surface area contributed by atoms with E-state index in [9.17, 15) is 0 Å². The van der Waals surface area contributed by atoms with Crippen LogP contribution in [0.1, 0.15) is 47.2 Å². The van der Waals surface area contributed by atoms with E-state index in [2.05, 4.69) is 267 Å². The number of para-hydroxylation sites is 1. The molecule has 14 rings (SSSR count). The number of rotatable bonds is 6. The van der Waals surface area contributed by atoms with Crippen LogP contribution in [0.25, 0.3) is 77.5 Å². The van der Waals surface area contributed by atoms with E-state index >= 15 is 0 Å². The summed E-state index contributed by atoms with van der Waals surface area (Å²) in [5.41, 5.74) is 26.3. The lowest BCUT2D eigenvalue weighted by atomic mass is 9.70. The summed E-state index contributed by atoms with van der Waals surface area (Å²) >= 11 is 0. The molecule has 3 aliphatic carbocycles. The van der Waals surface area contributed by atoms with E-state index < -0.39 is 0 Å². The van der Waals surface area contributed by atoms with Crippen molar-refractivity contribution in [2.24, 2.45) is 0 Å². The average Bonchev–Trinajstić information content (AvgIpc) is 3.97. The van der Waals surface area contributed by atoms with E-state index in [4.69, 9.17) is 0 Å². The van der Waals surface area contributed by atoms with Gasteiger partial charge in [-0.25, -0.2) is 0 Å². The van der Waals surface area contributed by atoms with E-state index in [0.29, 0.717) is 0 Å². The molecule has 11 aromatic carbocycles. The number of hydrogen-bond acceptors (Lipinski definition) is 1. The highest BCUT2D eigenvalue weighted by atomic mass is 15.1. The zero-order valence-corrected chi connectivity index (χ0v) is 38.6. The van der Waals surface area contributed by atoms with Crippen LogP contribution in [0.4, 0.5) is 17.1 Å². The van der Waals surface area contributed by atoms with Crippen molar-refractivity contribution in [3.05, 3.63) is 282 Å². The molecule has 0 fully saturated rings. The van der Waals surface area contributed by atoms with E-state index in [1.165, 1.54) is 111 Å². The third-order valence-electron chi connectivity index (χ3n) is 15.7. The van der Waals surface area contributed by atoms with Crippen LogP contribution in [0.15, 0.2) is 249 Å². The molecule has 324 valence electrons. The van der Waals surface area contributed by atoms with Crippen LogP contribution >= 0.6 is 0 Å². The highest BCUT2D eigenvalue weighted by Gasteiger charge is 2.51. The maximum Gasteiger partial charge on any atom is 0.0725 e. The second-order valence-electron chi connectivity index (χ2n) is 19.6. The van der Waals surface area contributed by atoms with E-state index in [1.807, 2.05) is 0 Å². The molecular weight excluding hydrogens is 831 g/mol. The summed E-state index contributed by atoms with van der Waals surface area (Å²) in [6.45, 7) is 4.73. The van der Waals surface area contributed by atoms with Crippen molar-refractivity contribution in [2.75, 3.05) is 4.90 Å². The van der Waals surface area contributed by atoms with Crippen LogP contribution in [-0.4, -0.2) is 0 Å². The van der Waals surface area contributed by atoms with Crippen molar-refractivity contribution >= 4 is 27.8 Å². The molecular formula is C68H47N. The normalized spacial score (nSPS) is 13.9. The van der Waals surface area contributed by atoms with Crippen LogP contribution in [0.5, 0.6) is 0 Å². The molecule has 0 unspecified atom stereocenters. The van der Waals surface area contributed by atoms with Crippen molar-refractivity contribution in [1.82, 2.24) is 0 Å². The second-order valence-corrected chi connectivity index (χ2v) is 19.6. The first-order valence-electron chi connectivity index (χ1n) is 24.2. The quantitative estimate of drug-likeness (QED) is 0.161. The van der Waals surface area contributed by atoms with Gasteiger partial charge in [0, 0.05) is 22.4 Å². The Hall–Kier alpha value is -8.52. The Morgan fingerprint density at radius 3 is 1.35 bits per heavy atom. The summed E-state index contributed by atoms with van der Waals surface area (Å²) in [6.07, 6.45) is 0. The van der Waals surface area contributed by atoms with Gasteiger partial charge in [-0.05, 0) is 148 Å². The van der Waals surface area contributed by atoms with Crippen molar-refractivity contribution in [3.8, 4) is 66.8 Å². The van der Waals surface area contributed by atoms with Gasteiger partial charge in [0.1, 0.15) is 0 Å². The minimum atomic E-state index is -0.351. The maximum atomic E-state index is 2.45. The molecule has 0 saturated heterocycles. The summed E-state index contributed by atoms with van der Waals surface area (Å²) < 4.78 is 0. The van der Waals surface area contributed by atoms with Gasteiger partial charge in [0.05, 0.1) is 11.1 Å². The summed E-state index contributed by atoms with van der Waals surface area (Å²) in [4.78, 5) is 2.45. The average molecular weight is 878 g/mol. The largest absolute Gasteiger partial charge is 0.310 e. The monoisotopic (exact) mass is 877 g/mol. The van der Waals surface area contributed by atoms with E-state index in [1.54, 1.807) is 0 Å². The fourth-order valence-corrected chi connectivity index (χ4v) is 12.6. The SMILES string of the molecule is CC1(C)c2ccccc2-c2c(-c3ccccc3N(c3ccc(-c4ccc5c(c4)-c4ccccc4C54c5ccccc5-c5ccccc54)cc3)c3ccc(-c4ccc5ccccc5c4)cc3)cccc21. The molecule has 0 amide bonds. The highest BCUT2D eigenvalue weighted by molar-refractivity contribution is 5.99. The number of nitrogens with zero attached hydrogens (tertiary/aromatic N) is 1. The maximum absolute atomic E-state index is 2.45. The molecule has 0 saturated carbocycles. The van der Waals surface area contributed by atoms with Crippen LogP contribution in [0.3, 0.4) is 0 Å². The lowest BCUT2D eigenvalue weighted by Gasteiger charge is -2.30. The van der Waals surface area contributed by atoms with Crippen LogP contribution in [0, 0.1) is 0 Å². The molecule has 0 bridgehead atoms. The van der Waals surface area contributed by atoms with E-state index in [0.717, 1.165) is 17.1 Å². The summed E-state index contributed by atoms with van der Waals surface area (Å²) in [5, 5.41) is 2.50. The van der Waals surface area contributed by atoms with Crippen molar-refractivity contribution < 1.29 is 0 Å². The molecule has 1 spiro atoms. The van der Waals surface area contributed by atoms with Crippen molar-refractivity contribution in [2.45, 2.75) is 24.7 Å². The first-order valence-corrected chi connectivity index (χ1v) is 24.2. The van der Waals surface area contributed by atoms with Gasteiger partial charge in [0.15, 0.2) is 0 Å². The van der Waals surface area contributed by atoms with Gasteiger partial charge in [-0.15, -0.1) is 0 Å². The molecule has 0 aliphatic heterocycles. The molecule has 0 atom stereocenters. The van der Waals surface area contributed by atoms with Gasteiger partial charge < -0.3 is 4.90 Å². The number of anilines is 3. The minimum Gasteiger partial charge on any atom is -0.310 e. The smallest absolute Gasteiger partial charge is 0.0725 e. The molecule has 0 aromatic heterocycles. The van der Waals surface area contributed by atoms with Gasteiger partial charge in [-0.3, -0.25) is 0 Å². The van der Waals surface area contributed by atoms with Crippen LogP contribution in [0.2, 0.25) is 0 Å². The highest BCUT2D eigenvalue weighted by Crippen LogP contribution is 2.63. The lowest BCUT2D eigenvalue weighted by molar-refractivity contribution is 0.660. The lowest BCUT2D eigenvalue weighted by Crippen LogP contribution is -2.25. The zero-order valence-electron chi connectivity index (χ0n) is 38.6. The topological polar surface area (TPSA) is 3.24 Å². The Bertz CT molecular complexity index is 3820. The predicted molar refractivity (Wildman–Crippen MR) is 289 cm³/mol. The fraction of sp³-hybridized carbons (Fsp3) is 0.0588. The van der Waals surface area contributed by atoms with Gasteiger partial charge in [-0.1, -0.05) is 220 Å². The third kappa shape index (κ3) is 5.71. The first-order chi connectivity index (χ1) is 34.0. The zero-order chi connectivity index (χ0) is 45.8. The fourth-order valence-electron chi connectivity index (χ4n) is 12.6. The Morgan fingerprint density at radius 1 is 0.275 bits per heavy atom. The number of benzene rings is 11. The number of fused-ring (bicyclic) bond motifs is 14. The van der Waals surface area contributed by atoms with Gasteiger partial charge >= 0.3 is 0 Å². The van der Waals surface area contributed by atoms with Gasteiger partial charge in [-0.2, -0.15) is 0 Å². The predicted octanol–water partition coefficient (Wildman–Crippen LogP) is 18.0. The summed E-state index contributed by atoms with van der Waals surface area (Å²) in [6, 6.07) is 92.9.